The number of hydrogen-bond donors (Lipinski definition) is 0. The minimum atomic E-state index is 0.746. The van der Waals surface area contributed by atoms with Crippen LogP contribution in [0.2, 0.25) is 5.02 Å². The van der Waals surface area contributed by atoms with Gasteiger partial charge < -0.3 is 9.80 Å². The van der Waals surface area contributed by atoms with Crippen molar-refractivity contribution in [2.75, 3.05) is 57.3 Å². The Bertz CT molecular complexity index is 691. The van der Waals surface area contributed by atoms with Gasteiger partial charge in [-0.15, -0.1) is 0 Å². The average molecular weight is 375 g/mol. The van der Waals surface area contributed by atoms with E-state index in [2.05, 4.69) is 45.7 Å². The summed E-state index contributed by atoms with van der Waals surface area (Å²) in [5.41, 5.74) is 2.26. The number of benzene rings is 1. The lowest BCUT2D eigenvalue weighted by atomic mass is 10.1. The molecule has 0 bridgehead atoms. The standard InChI is InChI=1S/C21H31ClN4/c1-3-9-24(10-4-2)11-12-25-13-15-26(16-14-25)21-7-8-23-20-17-18(22)5-6-19(20)21/h5-8,17H,3-4,9-16H2,1-2H3. The number of anilines is 1. The molecule has 1 saturated heterocycles. The van der Waals surface area contributed by atoms with Gasteiger partial charge in [0.1, 0.15) is 0 Å². The summed E-state index contributed by atoms with van der Waals surface area (Å²) in [4.78, 5) is 12.2. The van der Waals surface area contributed by atoms with E-state index in [1.807, 2.05) is 18.3 Å². The molecule has 0 aliphatic carbocycles. The summed E-state index contributed by atoms with van der Waals surface area (Å²) in [7, 11) is 0. The van der Waals surface area contributed by atoms with Gasteiger partial charge in [-0.05, 0) is 50.2 Å². The zero-order chi connectivity index (χ0) is 18.4. The van der Waals surface area contributed by atoms with Gasteiger partial charge in [-0.3, -0.25) is 9.88 Å². The highest BCUT2D eigenvalue weighted by Gasteiger charge is 2.19. The smallest absolute Gasteiger partial charge is 0.0737 e. The van der Waals surface area contributed by atoms with Crippen molar-refractivity contribution in [3.63, 3.8) is 0 Å². The van der Waals surface area contributed by atoms with E-state index in [0.717, 1.165) is 36.7 Å². The van der Waals surface area contributed by atoms with Crippen LogP contribution in [-0.4, -0.2) is 67.1 Å². The first-order valence-corrected chi connectivity index (χ1v) is 10.3. The van der Waals surface area contributed by atoms with Crippen LogP contribution in [0.5, 0.6) is 0 Å². The van der Waals surface area contributed by atoms with Crippen LogP contribution in [0.3, 0.4) is 0 Å². The number of fused-ring (bicyclic) bond motifs is 1. The van der Waals surface area contributed by atoms with Gasteiger partial charge in [-0.25, -0.2) is 0 Å². The van der Waals surface area contributed by atoms with Gasteiger partial charge in [0.05, 0.1) is 5.52 Å². The third-order valence-electron chi connectivity index (χ3n) is 5.21. The fraction of sp³-hybridized carbons (Fsp3) is 0.571. The molecule has 0 amide bonds. The molecule has 26 heavy (non-hydrogen) atoms. The summed E-state index contributed by atoms with van der Waals surface area (Å²) in [6.45, 7) is 13.8. The van der Waals surface area contributed by atoms with Crippen LogP contribution in [0.25, 0.3) is 10.9 Å². The summed E-state index contributed by atoms with van der Waals surface area (Å²) in [5, 5.41) is 1.94. The van der Waals surface area contributed by atoms with E-state index in [1.165, 1.54) is 50.1 Å². The predicted molar refractivity (Wildman–Crippen MR) is 112 cm³/mol. The van der Waals surface area contributed by atoms with Crippen molar-refractivity contribution in [1.29, 1.82) is 0 Å². The van der Waals surface area contributed by atoms with Crippen LogP contribution in [0.1, 0.15) is 26.7 Å². The van der Waals surface area contributed by atoms with Crippen molar-refractivity contribution in [3.8, 4) is 0 Å². The van der Waals surface area contributed by atoms with Gasteiger partial charge in [0.15, 0.2) is 0 Å². The highest BCUT2D eigenvalue weighted by Crippen LogP contribution is 2.28. The zero-order valence-electron chi connectivity index (χ0n) is 16.1. The second-order valence-electron chi connectivity index (χ2n) is 7.16. The Balaban J connectivity index is 1.57. The maximum Gasteiger partial charge on any atom is 0.0737 e. The van der Waals surface area contributed by atoms with E-state index >= 15 is 0 Å². The Hall–Kier alpha value is -1.36. The minimum Gasteiger partial charge on any atom is -0.368 e. The molecule has 1 aromatic heterocycles. The first-order chi connectivity index (χ1) is 12.7. The number of pyridine rings is 1. The van der Waals surface area contributed by atoms with Gasteiger partial charge in [0, 0.05) is 61.6 Å². The van der Waals surface area contributed by atoms with Gasteiger partial charge in [0.25, 0.3) is 0 Å². The van der Waals surface area contributed by atoms with Crippen molar-refractivity contribution in [1.82, 2.24) is 14.8 Å². The van der Waals surface area contributed by atoms with Crippen LogP contribution in [0.4, 0.5) is 5.69 Å². The fourth-order valence-corrected chi connectivity index (χ4v) is 4.01. The molecule has 4 nitrogen and oxygen atoms in total. The molecule has 0 N–H and O–H groups in total. The van der Waals surface area contributed by atoms with Crippen molar-refractivity contribution in [3.05, 3.63) is 35.5 Å². The lowest BCUT2D eigenvalue weighted by molar-refractivity contribution is 0.196. The van der Waals surface area contributed by atoms with Gasteiger partial charge in [0.2, 0.25) is 0 Å². The van der Waals surface area contributed by atoms with E-state index in [0.29, 0.717) is 0 Å². The van der Waals surface area contributed by atoms with Crippen LogP contribution in [-0.2, 0) is 0 Å². The van der Waals surface area contributed by atoms with Gasteiger partial charge in [-0.2, -0.15) is 0 Å². The normalized spacial score (nSPS) is 15.9. The Morgan fingerprint density at radius 2 is 1.73 bits per heavy atom. The van der Waals surface area contributed by atoms with Crippen LogP contribution >= 0.6 is 11.6 Å². The molecule has 2 heterocycles. The number of hydrogen-bond acceptors (Lipinski definition) is 4. The highest BCUT2D eigenvalue weighted by molar-refractivity contribution is 6.31. The molecule has 0 spiro atoms. The average Bonchev–Trinajstić information content (AvgIpc) is 2.66. The summed E-state index contributed by atoms with van der Waals surface area (Å²) >= 11 is 6.12. The van der Waals surface area contributed by atoms with Crippen molar-refractivity contribution < 1.29 is 0 Å². The first-order valence-electron chi connectivity index (χ1n) is 9.95. The molecule has 0 atom stereocenters. The molecule has 142 valence electrons. The molecule has 5 heteroatoms. The third kappa shape index (κ3) is 4.87. The van der Waals surface area contributed by atoms with E-state index < -0.39 is 0 Å². The molecule has 0 unspecified atom stereocenters. The summed E-state index contributed by atoms with van der Waals surface area (Å²) in [6.07, 6.45) is 4.38. The lowest BCUT2D eigenvalue weighted by Crippen LogP contribution is -2.48. The SMILES string of the molecule is CCCN(CCC)CCN1CCN(c2ccnc3cc(Cl)ccc23)CC1. The topological polar surface area (TPSA) is 22.6 Å². The quantitative estimate of drug-likeness (QED) is 0.692. The highest BCUT2D eigenvalue weighted by atomic mass is 35.5. The summed E-state index contributed by atoms with van der Waals surface area (Å²) < 4.78 is 0. The van der Waals surface area contributed by atoms with Crippen LogP contribution < -0.4 is 4.90 Å². The molecule has 1 aliphatic heterocycles. The Labute approximate surface area is 162 Å². The van der Waals surface area contributed by atoms with E-state index in [9.17, 15) is 0 Å². The monoisotopic (exact) mass is 374 g/mol. The zero-order valence-corrected chi connectivity index (χ0v) is 16.9. The summed E-state index contributed by atoms with van der Waals surface area (Å²) in [6, 6.07) is 8.14. The molecule has 0 saturated carbocycles. The van der Waals surface area contributed by atoms with E-state index in [1.54, 1.807) is 0 Å². The van der Waals surface area contributed by atoms with Gasteiger partial charge in [-0.1, -0.05) is 25.4 Å². The van der Waals surface area contributed by atoms with Crippen LogP contribution in [0, 0.1) is 0 Å². The number of halogens is 1. The molecular formula is C21H31ClN4. The van der Waals surface area contributed by atoms with E-state index in [-0.39, 0.29) is 0 Å². The Morgan fingerprint density at radius 3 is 2.42 bits per heavy atom. The van der Waals surface area contributed by atoms with Crippen LogP contribution in [0.15, 0.2) is 30.5 Å². The second kappa shape index (κ2) is 9.54. The molecule has 0 radical (unpaired) electrons. The largest absolute Gasteiger partial charge is 0.368 e. The van der Waals surface area contributed by atoms with E-state index in [4.69, 9.17) is 11.6 Å². The predicted octanol–water partition coefficient (Wildman–Crippen LogP) is 4.13. The summed E-state index contributed by atoms with van der Waals surface area (Å²) in [5.74, 6) is 0. The van der Waals surface area contributed by atoms with Crippen molar-refractivity contribution in [2.45, 2.75) is 26.7 Å². The number of nitrogens with zero attached hydrogens (tertiary/aromatic N) is 4. The molecule has 1 fully saturated rings. The number of rotatable bonds is 8. The number of aromatic nitrogens is 1. The first kappa shape index (κ1) is 19.4. The molecule has 1 aromatic carbocycles. The molecular weight excluding hydrogens is 344 g/mol. The number of piperazine rings is 1. The van der Waals surface area contributed by atoms with Crippen molar-refractivity contribution in [2.24, 2.45) is 0 Å². The third-order valence-corrected chi connectivity index (χ3v) is 5.44. The second-order valence-corrected chi connectivity index (χ2v) is 7.60. The fourth-order valence-electron chi connectivity index (χ4n) is 3.84. The molecule has 1 aliphatic rings. The van der Waals surface area contributed by atoms with Gasteiger partial charge >= 0.3 is 0 Å². The minimum absolute atomic E-state index is 0.746. The lowest BCUT2D eigenvalue weighted by Gasteiger charge is -2.37. The molecule has 3 rings (SSSR count). The van der Waals surface area contributed by atoms with Crippen molar-refractivity contribution >= 4 is 28.2 Å². The Morgan fingerprint density at radius 1 is 1.00 bits per heavy atom. The maximum atomic E-state index is 6.12. The maximum absolute atomic E-state index is 6.12. The Kier molecular flexibility index (Phi) is 7.12. The molecule has 2 aromatic rings.